The topological polar surface area (TPSA) is 97.5 Å². The number of carboxylic acids is 1. The minimum Gasteiger partial charge on any atom is -0.478 e. The molecule has 0 bridgehead atoms. The Morgan fingerprint density at radius 2 is 2.07 bits per heavy atom. The molecule has 1 rings (SSSR count). The fourth-order valence-corrected chi connectivity index (χ4v) is 0.932. The maximum atomic E-state index is 10.5. The number of nitrogens with zero attached hydrogens (tertiary/aromatic N) is 1. The minimum absolute atomic E-state index is 0.0309. The van der Waals surface area contributed by atoms with E-state index in [0.29, 0.717) is 6.29 Å². The van der Waals surface area contributed by atoms with Crippen LogP contribution in [0.15, 0.2) is 18.2 Å². The van der Waals surface area contributed by atoms with Gasteiger partial charge in [0.1, 0.15) is 6.29 Å². The van der Waals surface area contributed by atoms with Crippen molar-refractivity contribution in [2.24, 2.45) is 0 Å². The molecule has 0 spiro atoms. The number of carboxylic acid groups (broad SMARTS) is 1. The summed E-state index contributed by atoms with van der Waals surface area (Å²) in [5.74, 6) is -1.31. The number of non-ortho nitro benzene ring substituents is 1. The molecule has 0 aliphatic heterocycles. The summed E-state index contributed by atoms with van der Waals surface area (Å²) in [5.41, 5.74) is -0.718. The summed E-state index contributed by atoms with van der Waals surface area (Å²) < 4.78 is 0. The SMILES string of the molecule is O=Cc1cc(C(=O)O)cc([N+](=O)[O-])c1. The van der Waals surface area contributed by atoms with Crippen molar-refractivity contribution in [2.75, 3.05) is 0 Å². The number of nitro groups is 1. The lowest BCUT2D eigenvalue weighted by Crippen LogP contribution is -2.00. The van der Waals surface area contributed by atoms with Crippen LogP contribution in [0.3, 0.4) is 0 Å². The van der Waals surface area contributed by atoms with Gasteiger partial charge in [0.15, 0.2) is 0 Å². The van der Waals surface area contributed by atoms with E-state index >= 15 is 0 Å². The Bertz CT molecular complexity index is 380. The predicted octanol–water partition coefficient (Wildman–Crippen LogP) is 1.11. The molecular weight excluding hydrogens is 190 g/mol. The summed E-state index contributed by atoms with van der Waals surface area (Å²) in [6.07, 6.45) is 0.361. The van der Waals surface area contributed by atoms with E-state index in [4.69, 9.17) is 5.11 Å². The molecule has 0 saturated carbocycles. The third-order valence-electron chi connectivity index (χ3n) is 1.53. The van der Waals surface area contributed by atoms with Crippen LogP contribution in [0.1, 0.15) is 20.7 Å². The van der Waals surface area contributed by atoms with Crippen molar-refractivity contribution >= 4 is 17.9 Å². The summed E-state index contributed by atoms with van der Waals surface area (Å²) in [6.45, 7) is 0. The molecule has 1 aromatic rings. The number of hydrogen-bond donors (Lipinski definition) is 1. The Morgan fingerprint density at radius 1 is 1.43 bits per heavy atom. The first-order chi connectivity index (χ1) is 6.54. The predicted molar refractivity (Wildman–Crippen MR) is 45.4 cm³/mol. The van der Waals surface area contributed by atoms with Gasteiger partial charge in [0.05, 0.1) is 10.5 Å². The van der Waals surface area contributed by atoms with Gasteiger partial charge in [-0.2, -0.15) is 0 Å². The van der Waals surface area contributed by atoms with Crippen molar-refractivity contribution in [1.29, 1.82) is 0 Å². The van der Waals surface area contributed by atoms with Crippen LogP contribution >= 0.6 is 0 Å². The van der Waals surface area contributed by atoms with E-state index in [1.54, 1.807) is 0 Å². The Balaban J connectivity index is 3.34. The van der Waals surface area contributed by atoms with Gasteiger partial charge in [-0.05, 0) is 6.07 Å². The summed E-state index contributed by atoms with van der Waals surface area (Å²) >= 11 is 0. The summed E-state index contributed by atoms with van der Waals surface area (Å²) in [6, 6.07) is 2.98. The summed E-state index contributed by atoms with van der Waals surface area (Å²) in [5, 5.41) is 18.9. The minimum atomic E-state index is -1.31. The van der Waals surface area contributed by atoms with Crippen LogP contribution < -0.4 is 0 Å². The van der Waals surface area contributed by atoms with Crippen LogP contribution in [0.5, 0.6) is 0 Å². The molecule has 0 atom stereocenters. The molecule has 0 heterocycles. The fraction of sp³-hybridized carbons (Fsp3) is 0. The second-order valence-electron chi connectivity index (χ2n) is 2.49. The summed E-state index contributed by atoms with van der Waals surface area (Å²) in [4.78, 5) is 30.4. The average molecular weight is 195 g/mol. The molecule has 0 radical (unpaired) electrons. The molecule has 0 unspecified atom stereocenters. The van der Waals surface area contributed by atoms with Crippen LogP contribution in [-0.4, -0.2) is 22.3 Å². The molecule has 0 aromatic heterocycles. The number of hydrogen-bond acceptors (Lipinski definition) is 4. The first-order valence-electron chi connectivity index (χ1n) is 3.52. The van der Waals surface area contributed by atoms with Gasteiger partial charge in [0, 0.05) is 17.7 Å². The van der Waals surface area contributed by atoms with Gasteiger partial charge in [-0.1, -0.05) is 0 Å². The number of aldehydes is 1. The van der Waals surface area contributed by atoms with Gasteiger partial charge in [-0.15, -0.1) is 0 Å². The normalized spacial score (nSPS) is 9.43. The lowest BCUT2D eigenvalue weighted by Gasteiger charge is -1.96. The molecule has 1 aromatic carbocycles. The number of benzene rings is 1. The monoisotopic (exact) mass is 195 g/mol. The molecule has 0 aliphatic rings. The maximum Gasteiger partial charge on any atom is 0.335 e. The third-order valence-corrected chi connectivity index (χ3v) is 1.53. The smallest absolute Gasteiger partial charge is 0.335 e. The van der Waals surface area contributed by atoms with Crippen molar-refractivity contribution in [2.45, 2.75) is 0 Å². The second-order valence-corrected chi connectivity index (χ2v) is 2.49. The van der Waals surface area contributed by atoms with Crippen LogP contribution in [0.2, 0.25) is 0 Å². The van der Waals surface area contributed by atoms with Crippen LogP contribution in [0.4, 0.5) is 5.69 Å². The Morgan fingerprint density at radius 3 is 2.50 bits per heavy atom. The van der Waals surface area contributed by atoms with Crippen molar-refractivity contribution in [3.63, 3.8) is 0 Å². The van der Waals surface area contributed by atoms with Crippen LogP contribution in [0.25, 0.3) is 0 Å². The molecule has 6 nitrogen and oxygen atoms in total. The van der Waals surface area contributed by atoms with Gasteiger partial charge >= 0.3 is 5.97 Å². The fourth-order valence-electron chi connectivity index (χ4n) is 0.932. The van der Waals surface area contributed by atoms with E-state index in [1.807, 2.05) is 0 Å². The zero-order valence-electron chi connectivity index (χ0n) is 6.84. The largest absolute Gasteiger partial charge is 0.478 e. The summed E-state index contributed by atoms with van der Waals surface area (Å²) in [7, 11) is 0. The van der Waals surface area contributed by atoms with E-state index < -0.39 is 16.6 Å². The molecular formula is C8H5NO5. The second kappa shape index (κ2) is 3.65. The molecule has 0 amide bonds. The van der Waals surface area contributed by atoms with Crippen molar-refractivity contribution in [3.05, 3.63) is 39.4 Å². The average Bonchev–Trinajstić information content (AvgIpc) is 2.16. The van der Waals surface area contributed by atoms with Crippen molar-refractivity contribution in [1.82, 2.24) is 0 Å². The van der Waals surface area contributed by atoms with E-state index in [1.165, 1.54) is 0 Å². The quantitative estimate of drug-likeness (QED) is 0.442. The first kappa shape index (κ1) is 9.85. The highest BCUT2D eigenvalue weighted by molar-refractivity contribution is 5.91. The van der Waals surface area contributed by atoms with E-state index in [9.17, 15) is 19.7 Å². The zero-order chi connectivity index (χ0) is 10.7. The highest BCUT2D eigenvalue weighted by Gasteiger charge is 2.12. The number of carbonyl (C=O) groups is 2. The third kappa shape index (κ3) is 1.92. The Kier molecular flexibility index (Phi) is 2.57. The molecule has 14 heavy (non-hydrogen) atoms. The van der Waals surface area contributed by atoms with E-state index in [2.05, 4.69) is 0 Å². The van der Waals surface area contributed by atoms with E-state index in [-0.39, 0.29) is 11.1 Å². The highest BCUT2D eigenvalue weighted by Crippen LogP contribution is 2.16. The number of carbonyl (C=O) groups excluding carboxylic acids is 1. The Labute approximate surface area is 77.9 Å². The Hall–Kier alpha value is -2.24. The molecule has 72 valence electrons. The number of nitro benzene ring substituents is 1. The molecule has 0 saturated heterocycles. The van der Waals surface area contributed by atoms with Crippen LogP contribution in [0, 0.1) is 10.1 Å². The van der Waals surface area contributed by atoms with Gasteiger partial charge < -0.3 is 5.11 Å². The molecule has 6 heteroatoms. The highest BCUT2D eigenvalue weighted by atomic mass is 16.6. The van der Waals surface area contributed by atoms with Crippen LogP contribution in [-0.2, 0) is 0 Å². The van der Waals surface area contributed by atoms with Gasteiger partial charge in [-0.25, -0.2) is 4.79 Å². The first-order valence-corrected chi connectivity index (χ1v) is 3.52. The zero-order valence-corrected chi connectivity index (χ0v) is 6.84. The van der Waals surface area contributed by atoms with Gasteiger partial charge in [0.2, 0.25) is 0 Å². The lowest BCUT2D eigenvalue weighted by molar-refractivity contribution is -0.384. The molecule has 0 fully saturated rings. The van der Waals surface area contributed by atoms with Gasteiger partial charge in [0.25, 0.3) is 5.69 Å². The maximum absolute atomic E-state index is 10.5. The van der Waals surface area contributed by atoms with Crippen molar-refractivity contribution in [3.8, 4) is 0 Å². The lowest BCUT2D eigenvalue weighted by atomic mass is 10.1. The van der Waals surface area contributed by atoms with Crippen molar-refractivity contribution < 1.29 is 19.6 Å². The molecule has 1 N–H and O–H groups in total. The standard InChI is InChI=1S/C8H5NO5/c10-4-5-1-6(8(11)12)3-7(2-5)9(13)14/h1-4H,(H,11,12). The number of rotatable bonds is 3. The number of aromatic carboxylic acids is 1. The van der Waals surface area contributed by atoms with Gasteiger partial charge in [-0.3, -0.25) is 14.9 Å². The van der Waals surface area contributed by atoms with E-state index in [0.717, 1.165) is 18.2 Å². The molecule has 0 aliphatic carbocycles.